The zero-order chi connectivity index (χ0) is 16.8. The normalized spacial score (nSPS) is 11.7. The number of benzene rings is 2. The van der Waals surface area contributed by atoms with Gasteiger partial charge in [-0.2, -0.15) is 0 Å². The molecule has 0 spiro atoms. The van der Waals surface area contributed by atoms with E-state index in [1.54, 1.807) is 14.0 Å². The fraction of sp³-hybridized carbons (Fsp3) is 0.211. The number of hydrogen-bond donors (Lipinski definition) is 1. The van der Waals surface area contributed by atoms with Gasteiger partial charge in [-0.1, -0.05) is 29.5 Å². The Balaban J connectivity index is 2.20. The van der Waals surface area contributed by atoms with Crippen molar-refractivity contribution in [3.63, 3.8) is 0 Å². The minimum atomic E-state index is 0.0501. The number of carbonyl (C=O) groups is 1. The number of methoxy groups -OCH3 is 1. The van der Waals surface area contributed by atoms with E-state index in [4.69, 9.17) is 4.74 Å². The van der Waals surface area contributed by atoms with E-state index >= 15 is 0 Å². The van der Waals surface area contributed by atoms with Gasteiger partial charge in [0.25, 0.3) is 0 Å². The van der Waals surface area contributed by atoms with Crippen molar-refractivity contribution in [3.05, 3.63) is 64.7 Å². The molecule has 0 saturated heterocycles. The summed E-state index contributed by atoms with van der Waals surface area (Å²) >= 11 is 1.48. The highest BCUT2D eigenvalue weighted by Crippen LogP contribution is 2.30. The molecule has 0 aromatic heterocycles. The Morgan fingerprint density at radius 2 is 1.61 bits per heavy atom. The zero-order valence-electron chi connectivity index (χ0n) is 13.8. The van der Waals surface area contributed by atoms with Gasteiger partial charge < -0.3 is 10.1 Å². The van der Waals surface area contributed by atoms with Gasteiger partial charge in [0.2, 0.25) is 0 Å². The molecular formula is C19H21NO2S. The second-order valence-electron chi connectivity index (χ2n) is 5.28. The molecule has 1 N–H and O–H groups in total. The van der Waals surface area contributed by atoms with Crippen LogP contribution in [-0.4, -0.2) is 12.9 Å². The summed E-state index contributed by atoms with van der Waals surface area (Å²) in [6.07, 6.45) is 0. The van der Waals surface area contributed by atoms with Crippen LogP contribution >= 0.6 is 11.8 Å². The van der Waals surface area contributed by atoms with Crippen LogP contribution in [0, 0.1) is 6.92 Å². The molecular weight excluding hydrogens is 306 g/mol. The molecule has 0 heterocycles. The van der Waals surface area contributed by atoms with Crippen LogP contribution < -0.4 is 10.1 Å². The van der Waals surface area contributed by atoms with Crippen molar-refractivity contribution in [2.24, 2.45) is 0 Å². The molecule has 0 amide bonds. The highest BCUT2D eigenvalue weighted by atomic mass is 32.2. The number of nitrogens with one attached hydrogen (secondary N) is 1. The van der Waals surface area contributed by atoms with Gasteiger partial charge in [-0.05, 0) is 57.2 Å². The van der Waals surface area contributed by atoms with Gasteiger partial charge in [0, 0.05) is 16.3 Å². The Labute approximate surface area is 141 Å². The van der Waals surface area contributed by atoms with E-state index in [0.717, 1.165) is 22.0 Å². The molecule has 2 aromatic carbocycles. The minimum absolute atomic E-state index is 0.0501. The number of ketones is 1. The maximum atomic E-state index is 12.0. The molecule has 23 heavy (non-hydrogen) atoms. The van der Waals surface area contributed by atoms with Crippen LogP contribution in [0.1, 0.15) is 19.4 Å². The molecule has 0 aliphatic heterocycles. The van der Waals surface area contributed by atoms with Gasteiger partial charge in [-0.3, -0.25) is 4.79 Å². The second-order valence-corrected chi connectivity index (χ2v) is 6.36. The molecule has 3 nitrogen and oxygen atoms in total. The number of hydrogen-bond acceptors (Lipinski definition) is 4. The maximum Gasteiger partial charge on any atom is 0.168 e. The first kappa shape index (κ1) is 17.2. The van der Waals surface area contributed by atoms with Crippen molar-refractivity contribution < 1.29 is 9.53 Å². The maximum absolute atomic E-state index is 12.0. The molecule has 0 aliphatic carbocycles. The van der Waals surface area contributed by atoms with Crippen LogP contribution in [0.3, 0.4) is 0 Å². The van der Waals surface area contributed by atoms with E-state index in [0.29, 0.717) is 4.91 Å². The lowest BCUT2D eigenvalue weighted by Gasteiger charge is -2.12. The summed E-state index contributed by atoms with van der Waals surface area (Å²) in [5.41, 5.74) is 2.97. The third-order valence-electron chi connectivity index (χ3n) is 3.32. The van der Waals surface area contributed by atoms with Crippen LogP contribution in [0.2, 0.25) is 0 Å². The largest absolute Gasteiger partial charge is 0.497 e. The van der Waals surface area contributed by atoms with Gasteiger partial charge in [-0.25, -0.2) is 0 Å². The average molecular weight is 327 g/mol. The molecule has 4 heteroatoms. The highest BCUT2D eigenvalue weighted by Gasteiger charge is 2.11. The van der Waals surface area contributed by atoms with Crippen molar-refractivity contribution in [1.29, 1.82) is 0 Å². The fourth-order valence-corrected chi connectivity index (χ4v) is 2.94. The summed E-state index contributed by atoms with van der Waals surface area (Å²) in [5.74, 6) is 0.854. The summed E-state index contributed by atoms with van der Waals surface area (Å²) in [6, 6.07) is 15.8. The SMILES string of the molecule is COc1ccc(N/C(C)=C(/Sc2ccc(C)cc2)C(C)=O)cc1. The van der Waals surface area contributed by atoms with Crippen LogP contribution in [0.15, 0.2) is 64.0 Å². The van der Waals surface area contributed by atoms with Gasteiger partial charge in [0.15, 0.2) is 5.78 Å². The predicted molar refractivity (Wildman–Crippen MR) is 97.0 cm³/mol. The van der Waals surface area contributed by atoms with Gasteiger partial charge in [0.05, 0.1) is 12.0 Å². The highest BCUT2D eigenvalue weighted by molar-refractivity contribution is 8.04. The summed E-state index contributed by atoms with van der Waals surface area (Å²) < 4.78 is 5.15. The third kappa shape index (κ3) is 4.89. The number of aryl methyl sites for hydroxylation is 1. The van der Waals surface area contributed by atoms with Crippen molar-refractivity contribution in [1.82, 2.24) is 0 Å². The van der Waals surface area contributed by atoms with Crippen LogP contribution in [0.4, 0.5) is 5.69 Å². The van der Waals surface area contributed by atoms with E-state index in [1.807, 2.05) is 62.4 Å². The molecule has 0 unspecified atom stereocenters. The summed E-state index contributed by atoms with van der Waals surface area (Å²) in [5, 5.41) is 3.29. The predicted octanol–water partition coefficient (Wildman–Crippen LogP) is 5.03. The lowest BCUT2D eigenvalue weighted by atomic mass is 10.2. The van der Waals surface area contributed by atoms with Crippen molar-refractivity contribution >= 4 is 23.2 Å². The Bertz CT molecular complexity index is 703. The van der Waals surface area contributed by atoms with Crippen molar-refractivity contribution in [2.45, 2.75) is 25.7 Å². The Morgan fingerprint density at radius 1 is 1.00 bits per heavy atom. The number of allylic oxidation sites excluding steroid dienone is 2. The number of rotatable bonds is 6. The Kier molecular flexibility index (Phi) is 5.88. The number of anilines is 1. The lowest BCUT2D eigenvalue weighted by molar-refractivity contribution is -0.113. The molecule has 2 aromatic rings. The summed E-state index contributed by atoms with van der Waals surface area (Å²) in [7, 11) is 1.64. The molecule has 120 valence electrons. The molecule has 0 bridgehead atoms. The van der Waals surface area contributed by atoms with E-state index in [-0.39, 0.29) is 5.78 Å². The molecule has 0 atom stereocenters. The van der Waals surface area contributed by atoms with E-state index in [2.05, 4.69) is 5.32 Å². The number of Topliss-reactive ketones (excluding diaryl/α,β-unsaturated/α-hetero) is 1. The Morgan fingerprint density at radius 3 is 2.13 bits per heavy atom. The van der Waals surface area contributed by atoms with Crippen LogP contribution in [0.5, 0.6) is 5.75 Å². The first-order valence-electron chi connectivity index (χ1n) is 7.37. The summed E-state index contributed by atoms with van der Waals surface area (Å²) in [4.78, 5) is 13.8. The number of thioether (sulfide) groups is 1. The quantitative estimate of drug-likeness (QED) is 0.596. The van der Waals surface area contributed by atoms with Gasteiger partial charge in [-0.15, -0.1) is 0 Å². The standard InChI is InChI=1S/C19H21NO2S/c1-13-5-11-18(12-6-13)23-19(15(3)21)14(2)20-16-7-9-17(22-4)10-8-16/h5-12,20H,1-4H3/b19-14+. The smallest absolute Gasteiger partial charge is 0.168 e. The van der Waals surface area contributed by atoms with E-state index in [9.17, 15) is 4.79 Å². The van der Waals surface area contributed by atoms with Gasteiger partial charge in [0.1, 0.15) is 5.75 Å². The lowest BCUT2D eigenvalue weighted by Crippen LogP contribution is -2.04. The topological polar surface area (TPSA) is 38.3 Å². The molecule has 0 aliphatic rings. The molecule has 0 fully saturated rings. The monoisotopic (exact) mass is 327 g/mol. The van der Waals surface area contributed by atoms with Crippen molar-refractivity contribution in [3.8, 4) is 5.75 Å². The minimum Gasteiger partial charge on any atom is -0.497 e. The van der Waals surface area contributed by atoms with E-state index < -0.39 is 0 Å². The second kappa shape index (κ2) is 7.88. The van der Waals surface area contributed by atoms with Gasteiger partial charge >= 0.3 is 0 Å². The first-order valence-corrected chi connectivity index (χ1v) is 8.18. The third-order valence-corrected chi connectivity index (χ3v) is 4.63. The molecule has 0 saturated carbocycles. The Hall–Kier alpha value is -2.20. The number of carbonyl (C=O) groups excluding carboxylic acids is 1. The average Bonchev–Trinajstić information content (AvgIpc) is 2.54. The molecule has 2 rings (SSSR count). The summed E-state index contributed by atoms with van der Waals surface area (Å²) in [6.45, 7) is 5.56. The van der Waals surface area contributed by atoms with E-state index in [1.165, 1.54) is 17.3 Å². The zero-order valence-corrected chi connectivity index (χ0v) is 14.7. The van der Waals surface area contributed by atoms with Crippen LogP contribution in [-0.2, 0) is 4.79 Å². The number of ether oxygens (including phenoxy) is 1. The molecule has 0 radical (unpaired) electrons. The fourth-order valence-electron chi connectivity index (χ4n) is 2.08. The first-order chi connectivity index (χ1) is 11.0. The van der Waals surface area contributed by atoms with Crippen molar-refractivity contribution in [2.75, 3.05) is 12.4 Å². The van der Waals surface area contributed by atoms with Crippen LogP contribution in [0.25, 0.3) is 0 Å².